The van der Waals surface area contributed by atoms with Gasteiger partial charge in [-0.05, 0) is 18.6 Å². The Morgan fingerprint density at radius 3 is 2.81 bits per heavy atom. The number of benzene rings is 1. The first-order chi connectivity index (χ1) is 10.2. The summed E-state index contributed by atoms with van der Waals surface area (Å²) in [6.07, 6.45) is 2.09. The number of fused-ring (bicyclic) bond motifs is 1. The van der Waals surface area contributed by atoms with Gasteiger partial charge in [-0.2, -0.15) is 4.37 Å². The third kappa shape index (κ3) is 2.78. The summed E-state index contributed by atoms with van der Waals surface area (Å²) in [6, 6.07) is 8.41. The first kappa shape index (κ1) is 14.1. The highest BCUT2D eigenvalue weighted by molar-refractivity contribution is 7.09. The maximum Gasteiger partial charge on any atom is 0.205 e. The summed E-state index contributed by atoms with van der Waals surface area (Å²) in [5, 5.41) is 2.29. The van der Waals surface area contributed by atoms with Gasteiger partial charge in [0.05, 0.1) is 0 Å². The van der Waals surface area contributed by atoms with Crippen molar-refractivity contribution in [2.75, 3.05) is 11.4 Å². The van der Waals surface area contributed by atoms with Gasteiger partial charge in [0, 0.05) is 47.6 Å². The Labute approximate surface area is 129 Å². The van der Waals surface area contributed by atoms with Crippen molar-refractivity contribution in [1.82, 2.24) is 14.3 Å². The highest BCUT2D eigenvalue weighted by atomic mass is 32.1. The first-order valence-electron chi connectivity index (χ1n) is 7.32. The zero-order chi connectivity index (χ0) is 14.8. The van der Waals surface area contributed by atoms with Crippen LogP contribution in [0.1, 0.15) is 38.1 Å². The van der Waals surface area contributed by atoms with E-state index in [0.29, 0.717) is 5.92 Å². The Morgan fingerprint density at radius 1 is 1.29 bits per heavy atom. The lowest BCUT2D eigenvalue weighted by Gasteiger charge is -2.18. The van der Waals surface area contributed by atoms with Crippen molar-refractivity contribution in [3.05, 3.63) is 41.9 Å². The van der Waals surface area contributed by atoms with E-state index in [9.17, 15) is 0 Å². The summed E-state index contributed by atoms with van der Waals surface area (Å²) in [4.78, 5) is 10.3. The first-order valence-corrected chi connectivity index (χ1v) is 8.10. The van der Waals surface area contributed by atoms with Crippen LogP contribution in [0.4, 0.5) is 5.13 Å². The summed E-state index contributed by atoms with van der Waals surface area (Å²) in [5.74, 6) is 1.31. The van der Waals surface area contributed by atoms with Crippen LogP contribution >= 0.6 is 11.5 Å². The van der Waals surface area contributed by atoms with Crippen molar-refractivity contribution in [3.63, 3.8) is 0 Å². The number of rotatable bonds is 5. The predicted octanol–water partition coefficient (Wildman–Crippen LogP) is 4.17. The molecule has 0 atom stereocenters. The van der Waals surface area contributed by atoms with E-state index in [1.807, 2.05) is 0 Å². The van der Waals surface area contributed by atoms with Gasteiger partial charge in [-0.25, -0.2) is 4.98 Å². The Balaban J connectivity index is 1.86. The van der Waals surface area contributed by atoms with E-state index in [1.54, 1.807) is 0 Å². The van der Waals surface area contributed by atoms with E-state index in [1.165, 1.54) is 28.0 Å². The summed E-state index contributed by atoms with van der Waals surface area (Å²) in [5.41, 5.74) is 2.48. The molecule has 0 fully saturated rings. The van der Waals surface area contributed by atoms with Crippen molar-refractivity contribution >= 4 is 27.6 Å². The minimum absolute atomic E-state index is 0.377. The van der Waals surface area contributed by atoms with E-state index in [0.717, 1.165) is 24.0 Å². The topological polar surface area (TPSA) is 44.8 Å². The molecule has 1 aromatic carbocycles. The van der Waals surface area contributed by atoms with E-state index >= 15 is 0 Å². The molecular formula is C16H20N4S. The van der Waals surface area contributed by atoms with Crippen LogP contribution in [0.5, 0.6) is 0 Å². The number of nitrogens with zero attached hydrogens (tertiary/aromatic N) is 3. The Bertz CT molecular complexity index is 729. The van der Waals surface area contributed by atoms with E-state index < -0.39 is 0 Å². The monoisotopic (exact) mass is 300 g/mol. The van der Waals surface area contributed by atoms with Gasteiger partial charge in [-0.1, -0.05) is 32.0 Å². The van der Waals surface area contributed by atoms with Gasteiger partial charge in [-0.3, -0.25) is 0 Å². The molecule has 0 aliphatic heterocycles. The maximum atomic E-state index is 4.66. The molecule has 110 valence electrons. The normalized spacial score (nSPS) is 11.4. The van der Waals surface area contributed by atoms with Gasteiger partial charge in [0.25, 0.3) is 0 Å². The predicted molar refractivity (Wildman–Crippen MR) is 89.0 cm³/mol. The summed E-state index contributed by atoms with van der Waals surface area (Å²) in [7, 11) is 0. The molecule has 3 aromatic rings. The van der Waals surface area contributed by atoms with Gasteiger partial charge in [0.2, 0.25) is 5.13 Å². The Morgan fingerprint density at radius 2 is 2.10 bits per heavy atom. The van der Waals surface area contributed by atoms with Crippen molar-refractivity contribution in [2.24, 2.45) is 0 Å². The fourth-order valence-electron chi connectivity index (χ4n) is 2.37. The van der Waals surface area contributed by atoms with E-state index in [2.05, 4.69) is 70.5 Å². The van der Waals surface area contributed by atoms with Crippen molar-refractivity contribution < 1.29 is 0 Å². The number of hydrogen-bond donors (Lipinski definition) is 1. The number of para-hydroxylation sites is 1. The highest BCUT2D eigenvalue weighted by Crippen LogP contribution is 2.25. The molecule has 1 N–H and O–H groups in total. The quantitative estimate of drug-likeness (QED) is 0.769. The van der Waals surface area contributed by atoms with Crippen LogP contribution in [0.3, 0.4) is 0 Å². The zero-order valence-corrected chi connectivity index (χ0v) is 13.4. The lowest BCUT2D eigenvalue weighted by atomic mass is 10.1. The van der Waals surface area contributed by atoms with Crippen LogP contribution in [-0.2, 0) is 6.54 Å². The van der Waals surface area contributed by atoms with Gasteiger partial charge in [0.1, 0.15) is 5.82 Å². The zero-order valence-electron chi connectivity index (χ0n) is 12.6. The number of nitrogens with one attached hydrogen (secondary N) is 1. The van der Waals surface area contributed by atoms with Gasteiger partial charge >= 0.3 is 0 Å². The molecule has 4 nitrogen and oxygen atoms in total. The molecule has 0 radical (unpaired) electrons. The molecule has 5 heteroatoms. The molecule has 0 spiro atoms. The van der Waals surface area contributed by atoms with Crippen molar-refractivity contribution in [2.45, 2.75) is 33.2 Å². The molecule has 0 amide bonds. The molecule has 0 saturated heterocycles. The van der Waals surface area contributed by atoms with Crippen LogP contribution in [0, 0.1) is 0 Å². The molecule has 2 aromatic heterocycles. The van der Waals surface area contributed by atoms with Crippen molar-refractivity contribution in [3.8, 4) is 0 Å². The molecule has 0 unspecified atom stereocenters. The minimum atomic E-state index is 0.377. The lowest BCUT2D eigenvalue weighted by Crippen LogP contribution is -2.21. The molecule has 2 heterocycles. The van der Waals surface area contributed by atoms with Crippen LogP contribution in [0.2, 0.25) is 0 Å². The van der Waals surface area contributed by atoms with Crippen LogP contribution < -0.4 is 4.90 Å². The van der Waals surface area contributed by atoms with E-state index in [-0.39, 0.29) is 0 Å². The Hall–Kier alpha value is -1.88. The SMILES string of the molecule is CCN(Cc1c[nH]c2ccccc12)c1nc(C(C)C)ns1. The number of aromatic nitrogens is 3. The Kier molecular flexibility index (Phi) is 3.92. The molecule has 0 aliphatic rings. The average molecular weight is 300 g/mol. The van der Waals surface area contributed by atoms with Gasteiger partial charge in [0.15, 0.2) is 0 Å². The van der Waals surface area contributed by atoms with Gasteiger partial charge in [-0.15, -0.1) is 0 Å². The average Bonchev–Trinajstić information content (AvgIpc) is 3.12. The number of aromatic amines is 1. The lowest BCUT2D eigenvalue weighted by molar-refractivity contribution is 0.780. The summed E-state index contributed by atoms with van der Waals surface area (Å²) < 4.78 is 4.46. The molecule has 3 rings (SSSR count). The summed E-state index contributed by atoms with van der Waals surface area (Å²) in [6.45, 7) is 8.19. The second kappa shape index (κ2) is 5.85. The van der Waals surface area contributed by atoms with Crippen LogP contribution in [0.25, 0.3) is 10.9 Å². The third-order valence-corrected chi connectivity index (χ3v) is 4.43. The number of H-pyrrole nitrogens is 1. The smallest absolute Gasteiger partial charge is 0.205 e. The molecule has 0 saturated carbocycles. The second-order valence-corrected chi connectivity index (χ2v) is 6.19. The largest absolute Gasteiger partial charge is 0.361 e. The molecule has 0 aliphatic carbocycles. The number of hydrogen-bond acceptors (Lipinski definition) is 4. The summed E-state index contributed by atoms with van der Waals surface area (Å²) >= 11 is 1.49. The fraction of sp³-hybridized carbons (Fsp3) is 0.375. The third-order valence-electron chi connectivity index (χ3n) is 3.64. The standard InChI is InChI=1S/C16H20N4S/c1-4-20(16-18-15(11(2)3)19-21-16)10-12-9-17-14-8-6-5-7-13(12)14/h5-9,11,17H,4,10H2,1-3H3. The van der Waals surface area contributed by atoms with Crippen LogP contribution in [-0.4, -0.2) is 20.9 Å². The minimum Gasteiger partial charge on any atom is -0.361 e. The molecule has 21 heavy (non-hydrogen) atoms. The molecular weight excluding hydrogens is 280 g/mol. The molecule has 0 bridgehead atoms. The maximum absolute atomic E-state index is 4.66. The number of anilines is 1. The van der Waals surface area contributed by atoms with Gasteiger partial charge < -0.3 is 9.88 Å². The van der Waals surface area contributed by atoms with E-state index in [4.69, 9.17) is 0 Å². The second-order valence-electron chi connectivity index (χ2n) is 5.46. The van der Waals surface area contributed by atoms with Crippen LogP contribution in [0.15, 0.2) is 30.5 Å². The fourth-order valence-corrected chi connectivity index (χ4v) is 3.24. The van der Waals surface area contributed by atoms with Crippen molar-refractivity contribution in [1.29, 1.82) is 0 Å². The highest BCUT2D eigenvalue weighted by Gasteiger charge is 2.14.